The molecule has 6 nitrogen and oxygen atoms in total. The molecule has 0 bridgehead atoms. The second kappa shape index (κ2) is 7.16. The first kappa shape index (κ1) is 18.3. The number of carbonyl (C=O) groups is 1. The Morgan fingerprint density at radius 3 is 2.89 bits per heavy atom. The second-order valence-corrected chi connectivity index (χ2v) is 7.26. The summed E-state index contributed by atoms with van der Waals surface area (Å²) in [6, 6.07) is 10.2. The monoisotopic (exact) mass is 380 g/mol. The van der Waals surface area contributed by atoms with Crippen LogP contribution in [-0.2, 0) is 12.1 Å². The van der Waals surface area contributed by atoms with Crippen molar-refractivity contribution in [3.8, 4) is 5.75 Å². The van der Waals surface area contributed by atoms with E-state index in [1.807, 2.05) is 26.0 Å². The number of carbonyl (C=O) groups excluding carboxylic acids is 1. The lowest BCUT2D eigenvalue weighted by molar-refractivity contribution is 0.0907. The molecule has 4 rings (SSSR count). The van der Waals surface area contributed by atoms with Crippen molar-refractivity contribution >= 4 is 16.8 Å². The van der Waals surface area contributed by atoms with Gasteiger partial charge < -0.3 is 15.4 Å². The third-order valence-electron chi connectivity index (χ3n) is 4.82. The molecule has 0 fully saturated rings. The van der Waals surface area contributed by atoms with Crippen molar-refractivity contribution in [1.29, 1.82) is 0 Å². The minimum atomic E-state index is -0.849. The zero-order valence-electron chi connectivity index (χ0n) is 15.8. The Morgan fingerprint density at radius 2 is 2.04 bits per heavy atom. The first-order valence-corrected chi connectivity index (χ1v) is 9.15. The fourth-order valence-corrected chi connectivity index (χ4v) is 3.48. The predicted molar refractivity (Wildman–Crippen MR) is 104 cm³/mol. The van der Waals surface area contributed by atoms with Crippen LogP contribution in [0.3, 0.4) is 0 Å². The van der Waals surface area contributed by atoms with Gasteiger partial charge in [0.2, 0.25) is 0 Å². The zero-order chi connectivity index (χ0) is 19.7. The lowest BCUT2D eigenvalue weighted by atomic mass is 9.95. The molecule has 1 aromatic heterocycles. The minimum Gasteiger partial charge on any atom is -0.491 e. The highest BCUT2D eigenvalue weighted by molar-refractivity contribution is 5.98. The van der Waals surface area contributed by atoms with E-state index in [0.29, 0.717) is 35.5 Å². The molecule has 3 aromatic rings. The molecular formula is C21H21FN4O2. The summed E-state index contributed by atoms with van der Waals surface area (Å²) >= 11 is 0. The summed E-state index contributed by atoms with van der Waals surface area (Å²) in [6.45, 7) is 5.54. The fourth-order valence-electron chi connectivity index (χ4n) is 3.48. The normalized spacial score (nSPS) is 14.1. The van der Waals surface area contributed by atoms with E-state index in [4.69, 9.17) is 4.74 Å². The highest BCUT2D eigenvalue weighted by atomic mass is 19.1. The number of ether oxygens (including phenoxy) is 1. The van der Waals surface area contributed by atoms with Crippen molar-refractivity contribution in [2.45, 2.75) is 25.9 Å². The fraction of sp³-hybridized carbons (Fsp3) is 0.286. The maximum Gasteiger partial charge on any atom is 0.255 e. The van der Waals surface area contributed by atoms with E-state index in [9.17, 15) is 9.18 Å². The maximum atomic E-state index is 14.1. The van der Waals surface area contributed by atoms with Crippen LogP contribution in [0.4, 0.5) is 4.39 Å². The van der Waals surface area contributed by atoms with Gasteiger partial charge in [0.25, 0.3) is 5.91 Å². The molecule has 144 valence electrons. The lowest BCUT2D eigenvalue weighted by Crippen LogP contribution is -2.42. The molecule has 0 spiro atoms. The van der Waals surface area contributed by atoms with Crippen molar-refractivity contribution in [3.63, 3.8) is 0 Å². The Bertz CT molecular complexity index is 1050. The van der Waals surface area contributed by atoms with Crippen molar-refractivity contribution in [2.24, 2.45) is 0 Å². The summed E-state index contributed by atoms with van der Waals surface area (Å²) in [6.07, 6.45) is 1.32. The molecule has 0 saturated carbocycles. The molecule has 0 aliphatic carbocycles. The number of amides is 1. The second-order valence-electron chi connectivity index (χ2n) is 7.26. The summed E-state index contributed by atoms with van der Waals surface area (Å²) in [4.78, 5) is 21.5. The Hall–Kier alpha value is -3.06. The van der Waals surface area contributed by atoms with Crippen LogP contribution < -0.4 is 15.4 Å². The van der Waals surface area contributed by atoms with E-state index in [-0.39, 0.29) is 11.4 Å². The molecule has 2 aromatic carbocycles. The van der Waals surface area contributed by atoms with Crippen LogP contribution >= 0.6 is 0 Å². The largest absolute Gasteiger partial charge is 0.491 e. The smallest absolute Gasteiger partial charge is 0.255 e. The Morgan fingerprint density at radius 1 is 1.21 bits per heavy atom. The number of para-hydroxylation sites is 2. The van der Waals surface area contributed by atoms with Gasteiger partial charge in [0.05, 0.1) is 16.8 Å². The van der Waals surface area contributed by atoms with Gasteiger partial charge in [0, 0.05) is 24.0 Å². The van der Waals surface area contributed by atoms with Crippen LogP contribution in [0.5, 0.6) is 5.75 Å². The number of rotatable bonds is 3. The highest BCUT2D eigenvalue weighted by Gasteiger charge is 2.29. The van der Waals surface area contributed by atoms with E-state index in [0.717, 1.165) is 12.1 Å². The summed E-state index contributed by atoms with van der Waals surface area (Å²) < 4.78 is 19.9. The Kier molecular flexibility index (Phi) is 4.68. The molecule has 2 N–H and O–H groups in total. The number of nitrogens with zero attached hydrogens (tertiary/aromatic N) is 2. The number of halogens is 1. The van der Waals surface area contributed by atoms with E-state index in [1.165, 1.54) is 12.4 Å². The highest BCUT2D eigenvalue weighted by Crippen LogP contribution is 2.29. The Labute approximate surface area is 162 Å². The molecule has 0 atom stereocenters. The molecule has 2 heterocycles. The number of benzene rings is 2. The quantitative estimate of drug-likeness (QED) is 0.731. The van der Waals surface area contributed by atoms with Crippen LogP contribution in [0.15, 0.2) is 42.7 Å². The number of hydrogen-bond acceptors (Lipinski definition) is 5. The zero-order valence-corrected chi connectivity index (χ0v) is 15.8. The van der Waals surface area contributed by atoms with Crippen LogP contribution in [0.25, 0.3) is 10.9 Å². The van der Waals surface area contributed by atoms with Gasteiger partial charge in [-0.25, -0.2) is 14.4 Å². The van der Waals surface area contributed by atoms with E-state index in [1.54, 1.807) is 18.2 Å². The van der Waals surface area contributed by atoms with Gasteiger partial charge in [-0.05, 0) is 26.0 Å². The SMILES string of the molecule is CC(C)(NC(=O)c1cccc2c1OCCNC2)c1ncnc2c(F)cccc12. The van der Waals surface area contributed by atoms with Gasteiger partial charge in [0.15, 0.2) is 0 Å². The van der Waals surface area contributed by atoms with E-state index < -0.39 is 11.4 Å². The van der Waals surface area contributed by atoms with Crippen molar-refractivity contribution in [2.75, 3.05) is 13.2 Å². The average molecular weight is 380 g/mol. The van der Waals surface area contributed by atoms with Crippen LogP contribution in [0.2, 0.25) is 0 Å². The molecule has 1 amide bonds. The summed E-state index contributed by atoms with van der Waals surface area (Å²) in [7, 11) is 0. The van der Waals surface area contributed by atoms with Gasteiger partial charge in [-0.3, -0.25) is 4.79 Å². The third kappa shape index (κ3) is 3.29. The summed E-state index contributed by atoms with van der Waals surface area (Å²) in [5.74, 6) is -0.0936. The Balaban J connectivity index is 1.70. The molecule has 28 heavy (non-hydrogen) atoms. The number of aromatic nitrogens is 2. The predicted octanol–water partition coefficient (Wildman–Crippen LogP) is 2.92. The molecule has 1 aliphatic heterocycles. The molecule has 0 radical (unpaired) electrons. The number of hydrogen-bond donors (Lipinski definition) is 2. The van der Waals surface area contributed by atoms with Crippen LogP contribution in [-0.4, -0.2) is 29.0 Å². The number of fused-ring (bicyclic) bond motifs is 2. The van der Waals surface area contributed by atoms with Crippen LogP contribution in [0, 0.1) is 5.82 Å². The van der Waals surface area contributed by atoms with E-state index in [2.05, 4.69) is 20.6 Å². The summed E-state index contributed by atoms with van der Waals surface area (Å²) in [5, 5.41) is 6.85. The minimum absolute atomic E-state index is 0.234. The van der Waals surface area contributed by atoms with Crippen molar-refractivity contribution in [1.82, 2.24) is 20.6 Å². The average Bonchev–Trinajstić information content (AvgIpc) is 2.93. The molecule has 7 heteroatoms. The molecule has 0 unspecified atom stereocenters. The van der Waals surface area contributed by atoms with E-state index >= 15 is 0 Å². The van der Waals surface area contributed by atoms with Crippen molar-refractivity contribution < 1.29 is 13.9 Å². The lowest BCUT2D eigenvalue weighted by Gasteiger charge is -2.27. The van der Waals surface area contributed by atoms with Gasteiger partial charge in [0.1, 0.15) is 30.0 Å². The third-order valence-corrected chi connectivity index (χ3v) is 4.82. The maximum absolute atomic E-state index is 14.1. The van der Waals surface area contributed by atoms with Gasteiger partial charge in [-0.15, -0.1) is 0 Å². The van der Waals surface area contributed by atoms with Gasteiger partial charge >= 0.3 is 0 Å². The molecular weight excluding hydrogens is 359 g/mol. The molecule has 1 aliphatic rings. The van der Waals surface area contributed by atoms with Gasteiger partial charge in [-0.1, -0.05) is 24.3 Å². The summed E-state index contributed by atoms with van der Waals surface area (Å²) in [5.41, 5.74) is 1.35. The van der Waals surface area contributed by atoms with Crippen molar-refractivity contribution in [3.05, 3.63) is 65.4 Å². The topological polar surface area (TPSA) is 76.1 Å². The molecule has 0 saturated heterocycles. The standard InChI is InChI=1S/C21H21FN4O2/c1-21(2,19-14-6-4-8-16(22)17(14)24-12-25-19)26-20(27)15-7-3-5-13-11-23-9-10-28-18(13)15/h3-8,12,23H,9-11H2,1-2H3,(H,26,27). The van der Waals surface area contributed by atoms with Crippen LogP contribution in [0.1, 0.15) is 35.5 Å². The first-order chi connectivity index (χ1) is 13.5. The van der Waals surface area contributed by atoms with Gasteiger partial charge in [-0.2, -0.15) is 0 Å². The first-order valence-electron chi connectivity index (χ1n) is 9.15. The number of nitrogens with one attached hydrogen (secondary N) is 2.